The molecule has 0 fully saturated rings. The molecule has 2 N–H and O–H groups in total. The Labute approximate surface area is 129 Å². The third-order valence-electron chi connectivity index (χ3n) is 3.36. The molecule has 4 nitrogen and oxygen atoms in total. The van der Waals surface area contributed by atoms with Crippen LogP contribution in [0.5, 0.6) is 5.75 Å². The number of benzene rings is 1. The van der Waals surface area contributed by atoms with Crippen LogP contribution in [0.4, 0.5) is 0 Å². The van der Waals surface area contributed by atoms with E-state index < -0.39 is 0 Å². The van der Waals surface area contributed by atoms with Gasteiger partial charge in [-0.1, -0.05) is 6.92 Å². The van der Waals surface area contributed by atoms with Gasteiger partial charge in [-0.2, -0.15) is 0 Å². The van der Waals surface area contributed by atoms with Gasteiger partial charge in [-0.15, -0.1) is 11.3 Å². The van der Waals surface area contributed by atoms with Gasteiger partial charge in [0.2, 0.25) is 0 Å². The van der Waals surface area contributed by atoms with Gasteiger partial charge in [-0.05, 0) is 49.0 Å². The Kier molecular flexibility index (Phi) is 5.59. The molecule has 0 spiro atoms. The highest BCUT2D eigenvalue weighted by Crippen LogP contribution is 2.33. The molecule has 1 aromatic carbocycles. The van der Waals surface area contributed by atoms with Gasteiger partial charge in [0, 0.05) is 17.8 Å². The van der Waals surface area contributed by atoms with Gasteiger partial charge < -0.3 is 15.4 Å². The van der Waals surface area contributed by atoms with E-state index in [1.165, 1.54) is 11.3 Å². The lowest BCUT2D eigenvalue weighted by Gasteiger charge is -2.05. The van der Waals surface area contributed by atoms with Crippen molar-refractivity contribution in [2.45, 2.75) is 20.3 Å². The normalized spacial score (nSPS) is 10.8. The van der Waals surface area contributed by atoms with Gasteiger partial charge in [0.15, 0.2) is 0 Å². The fraction of sp³-hybridized carbons (Fsp3) is 0.438. The monoisotopic (exact) mass is 306 g/mol. The van der Waals surface area contributed by atoms with Gasteiger partial charge in [0.05, 0.1) is 12.0 Å². The van der Waals surface area contributed by atoms with Gasteiger partial charge >= 0.3 is 0 Å². The van der Waals surface area contributed by atoms with Gasteiger partial charge in [-0.3, -0.25) is 4.79 Å². The van der Waals surface area contributed by atoms with Crippen LogP contribution in [0, 0.1) is 6.92 Å². The molecular formula is C16H22N2O2S. The molecule has 0 bridgehead atoms. The molecule has 2 aromatic rings. The third kappa shape index (κ3) is 3.74. The Hall–Kier alpha value is -1.59. The minimum atomic E-state index is 0.00552. The van der Waals surface area contributed by atoms with Crippen molar-refractivity contribution in [3.05, 3.63) is 28.6 Å². The molecule has 1 aromatic heterocycles. The number of hydrogen-bond donors (Lipinski definition) is 2. The van der Waals surface area contributed by atoms with E-state index in [0.29, 0.717) is 6.54 Å². The van der Waals surface area contributed by atoms with Crippen LogP contribution in [-0.2, 0) is 0 Å². The number of nitrogens with one attached hydrogen (secondary N) is 2. The molecule has 0 saturated heterocycles. The highest BCUT2D eigenvalue weighted by molar-refractivity contribution is 7.21. The van der Waals surface area contributed by atoms with E-state index in [1.807, 2.05) is 25.1 Å². The van der Waals surface area contributed by atoms with Gasteiger partial charge in [0.1, 0.15) is 5.75 Å². The van der Waals surface area contributed by atoms with Crippen LogP contribution in [-0.4, -0.2) is 32.7 Å². The van der Waals surface area contributed by atoms with Crippen LogP contribution < -0.4 is 15.4 Å². The second-order valence-corrected chi connectivity index (χ2v) is 5.98. The zero-order chi connectivity index (χ0) is 15.2. The van der Waals surface area contributed by atoms with E-state index >= 15 is 0 Å². The van der Waals surface area contributed by atoms with Crippen LogP contribution in [0.1, 0.15) is 28.6 Å². The molecule has 21 heavy (non-hydrogen) atoms. The standard InChI is InChI=1S/C16H22N2O2S/c1-4-7-17-8-9-18-16(19)15-11(2)13-10-12(20-3)5-6-14(13)21-15/h5-6,10,17H,4,7-9H2,1-3H3,(H,18,19). The lowest BCUT2D eigenvalue weighted by atomic mass is 10.1. The van der Waals surface area contributed by atoms with Crippen molar-refractivity contribution in [2.75, 3.05) is 26.7 Å². The Balaban J connectivity index is 2.07. The summed E-state index contributed by atoms with van der Waals surface area (Å²) in [6.07, 6.45) is 1.10. The predicted molar refractivity (Wildman–Crippen MR) is 88.6 cm³/mol. The Morgan fingerprint density at radius 3 is 2.81 bits per heavy atom. The zero-order valence-electron chi connectivity index (χ0n) is 12.8. The van der Waals surface area contributed by atoms with Gasteiger partial charge in [-0.25, -0.2) is 0 Å². The van der Waals surface area contributed by atoms with Crippen LogP contribution >= 0.6 is 11.3 Å². The quantitative estimate of drug-likeness (QED) is 0.773. The number of carbonyl (C=O) groups excluding carboxylic acids is 1. The number of amides is 1. The molecule has 5 heteroatoms. The zero-order valence-corrected chi connectivity index (χ0v) is 13.6. The topological polar surface area (TPSA) is 50.4 Å². The number of ether oxygens (including phenoxy) is 1. The third-order valence-corrected chi connectivity index (χ3v) is 4.64. The van der Waals surface area contributed by atoms with Crippen molar-refractivity contribution in [1.29, 1.82) is 0 Å². The number of hydrogen-bond acceptors (Lipinski definition) is 4. The molecule has 0 aliphatic rings. The summed E-state index contributed by atoms with van der Waals surface area (Å²) in [5.41, 5.74) is 1.02. The molecular weight excluding hydrogens is 284 g/mol. The molecule has 1 heterocycles. The van der Waals surface area contributed by atoms with Crippen molar-refractivity contribution in [3.63, 3.8) is 0 Å². The first-order chi connectivity index (χ1) is 10.2. The second-order valence-electron chi connectivity index (χ2n) is 4.92. The number of thiophene rings is 1. The minimum Gasteiger partial charge on any atom is -0.497 e. The Morgan fingerprint density at radius 2 is 2.10 bits per heavy atom. The van der Waals surface area contributed by atoms with Crippen molar-refractivity contribution >= 4 is 27.3 Å². The molecule has 0 unspecified atom stereocenters. The summed E-state index contributed by atoms with van der Waals surface area (Å²) in [7, 11) is 1.65. The number of aryl methyl sites for hydroxylation is 1. The summed E-state index contributed by atoms with van der Waals surface area (Å²) < 4.78 is 6.36. The van der Waals surface area contributed by atoms with Crippen LogP contribution in [0.3, 0.4) is 0 Å². The summed E-state index contributed by atoms with van der Waals surface area (Å²) in [6.45, 7) is 6.55. The lowest BCUT2D eigenvalue weighted by Crippen LogP contribution is -2.31. The summed E-state index contributed by atoms with van der Waals surface area (Å²) in [6, 6.07) is 5.92. The largest absolute Gasteiger partial charge is 0.497 e. The number of fused-ring (bicyclic) bond motifs is 1. The van der Waals surface area contributed by atoms with E-state index in [-0.39, 0.29) is 5.91 Å². The van der Waals surface area contributed by atoms with E-state index in [0.717, 1.165) is 45.8 Å². The predicted octanol–water partition coefficient (Wildman–Crippen LogP) is 2.95. The maximum atomic E-state index is 12.3. The van der Waals surface area contributed by atoms with Crippen LogP contribution in [0.25, 0.3) is 10.1 Å². The first kappa shape index (κ1) is 15.8. The highest BCUT2D eigenvalue weighted by Gasteiger charge is 2.15. The van der Waals surface area contributed by atoms with Crippen molar-refractivity contribution in [3.8, 4) is 5.75 Å². The average molecular weight is 306 g/mol. The van der Waals surface area contributed by atoms with Crippen molar-refractivity contribution in [1.82, 2.24) is 10.6 Å². The lowest BCUT2D eigenvalue weighted by molar-refractivity contribution is 0.0957. The minimum absolute atomic E-state index is 0.00552. The molecule has 0 saturated carbocycles. The molecule has 0 atom stereocenters. The van der Waals surface area contributed by atoms with Crippen molar-refractivity contribution < 1.29 is 9.53 Å². The van der Waals surface area contributed by atoms with Crippen LogP contribution in [0.2, 0.25) is 0 Å². The molecule has 2 rings (SSSR count). The molecule has 0 aliphatic heterocycles. The Morgan fingerprint density at radius 1 is 1.29 bits per heavy atom. The fourth-order valence-corrected chi connectivity index (χ4v) is 3.30. The maximum absolute atomic E-state index is 12.3. The first-order valence-electron chi connectivity index (χ1n) is 7.23. The molecule has 1 amide bonds. The number of carbonyl (C=O) groups is 1. The highest BCUT2D eigenvalue weighted by atomic mass is 32.1. The molecule has 0 aliphatic carbocycles. The number of rotatable bonds is 7. The smallest absolute Gasteiger partial charge is 0.261 e. The summed E-state index contributed by atoms with van der Waals surface area (Å²) >= 11 is 1.53. The van der Waals surface area contributed by atoms with E-state index in [9.17, 15) is 4.79 Å². The second kappa shape index (κ2) is 7.43. The molecule has 114 valence electrons. The summed E-state index contributed by atoms with van der Waals surface area (Å²) in [4.78, 5) is 13.0. The number of methoxy groups -OCH3 is 1. The average Bonchev–Trinajstić information content (AvgIpc) is 2.83. The summed E-state index contributed by atoms with van der Waals surface area (Å²) in [5.74, 6) is 0.824. The van der Waals surface area contributed by atoms with Crippen molar-refractivity contribution in [2.24, 2.45) is 0 Å². The van der Waals surface area contributed by atoms with E-state index in [1.54, 1.807) is 7.11 Å². The Bertz CT molecular complexity index is 622. The SMILES string of the molecule is CCCNCCNC(=O)c1sc2ccc(OC)cc2c1C. The maximum Gasteiger partial charge on any atom is 0.261 e. The summed E-state index contributed by atoms with van der Waals surface area (Å²) in [5, 5.41) is 7.33. The van der Waals surface area contributed by atoms with Crippen LogP contribution in [0.15, 0.2) is 18.2 Å². The van der Waals surface area contributed by atoms with E-state index in [2.05, 4.69) is 17.6 Å². The molecule has 0 radical (unpaired) electrons. The fourth-order valence-electron chi connectivity index (χ4n) is 2.19. The first-order valence-corrected chi connectivity index (χ1v) is 8.05. The van der Waals surface area contributed by atoms with E-state index in [4.69, 9.17) is 4.74 Å². The van der Waals surface area contributed by atoms with Gasteiger partial charge in [0.25, 0.3) is 5.91 Å².